The van der Waals surface area contributed by atoms with Crippen molar-refractivity contribution in [2.24, 2.45) is 5.73 Å². The minimum Gasteiger partial charge on any atom is -0.488 e. The second-order valence-corrected chi connectivity index (χ2v) is 7.22. The van der Waals surface area contributed by atoms with Crippen molar-refractivity contribution in [3.63, 3.8) is 0 Å². The average Bonchev–Trinajstić information content (AvgIpc) is 3.25. The fourth-order valence-electron chi connectivity index (χ4n) is 3.99. The molecule has 2 aliphatic heterocycles. The van der Waals surface area contributed by atoms with Crippen LogP contribution in [0.1, 0.15) is 34.5 Å². The van der Waals surface area contributed by atoms with Crippen LogP contribution in [0.15, 0.2) is 24.4 Å². The minimum absolute atomic E-state index is 0.0483. The van der Waals surface area contributed by atoms with Crippen molar-refractivity contribution >= 4 is 24.0 Å². The Morgan fingerprint density at radius 3 is 3.00 bits per heavy atom. The van der Waals surface area contributed by atoms with E-state index in [1.807, 2.05) is 0 Å². The maximum Gasteiger partial charge on any atom is 0.426 e. The van der Waals surface area contributed by atoms with E-state index in [1.165, 1.54) is 0 Å². The molecule has 1 fully saturated rings. The molecule has 2 aliphatic rings. The molecule has 1 saturated heterocycles. The van der Waals surface area contributed by atoms with Crippen LogP contribution in [0, 0.1) is 0 Å². The quantitative estimate of drug-likeness (QED) is 0.578. The third-order valence-electron chi connectivity index (χ3n) is 5.45. The molecular weight excluding hydrogens is 376 g/mol. The molecule has 0 bridgehead atoms. The van der Waals surface area contributed by atoms with Crippen LogP contribution in [-0.2, 0) is 17.8 Å². The fraction of sp³-hybridized carbons (Fsp3) is 0.400. The van der Waals surface area contributed by atoms with Gasteiger partial charge in [-0.25, -0.2) is 9.78 Å². The van der Waals surface area contributed by atoms with Gasteiger partial charge in [-0.1, -0.05) is 0 Å². The number of carbonyl (C=O) groups is 2. The van der Waals surface area contributed by atoms with Crippen molar-refractivity contribution in [3.8, 4) is 5.75 Å². The number of ether oxygens (including phenoxy) is 2. The summed E-state index contributed by atoms with van der Waals surface area (Å²) in [6.45, 7) is 1.23. The number of nitrogens with two attached hydrogens (primary N) is 1. The molecule has 9 nitrogen and oxygen atoms in total. The zero-order chi connectivity index (χ0) is 20.4. The lowest BCUT2D eigenvalue weighted by molar-refractivity contribution is 0.111. The van der Waals surface area contributed by atoms with Crippen molar-refractivity contribution in [2.45, 2.75) is 32.0 Å². The molecule has 0 spiro atoms. The summed E-state index contributed by atoms with van der Waals surface area (Å²) in [6, 6.07) is 4.50. The van der Waals surface area contributed by atoms with Gasteiger partial charge < -0.3 is 20.3 Å². The molecule has 9 heteroatoms. The second-order valence-electron chi connectivity index (χ2n) is 7.22. The molecule has 4 heterocycles. The molecular formula is C20H23N4O5+. The molecule has 4 rings (SSSR count). The number of aldehydes is 1. The van der Waals surface area contributed by atoms with Gasteiger partial charge in [-0.15, -0.1) is 4.48 Å². The van der Waals surface area contributed by atoms with Crippen LogP contribution in [0.25, 0.3) is 0 Å². The van der Waals surface area contributed by atoms with E-state index in [0.29, 0.717) is 61.8 Å². The Morgan fingerprint density at radius 1 is 1.45 bits per heavy atom. The standard InChI is InChI=1S/C20H22N4O5/c21-20(27)24(18-9-15(3-5-22-18)29-16-4-7-28-12-16)6-1-2-13-8-14(10-25)17(11-26)23-19(13)24/h3,5,8-9,11,16,25H,1-2,4,6-7,10,12H2,(H-,21,27)/p+1/t16?,24-/m0/s1. The third kappa shape index (κ3) is 3.37. The van der Waals surface area contributed by atoms with Gasteiger partial charge in [0.25, 0.3) is 0 Å². The van der Waals surface area contributed by atoms with Gasteiger partial charge >= 0.3 is 6.03 Å². The molecule has 29 heavy (non-hydrogen) atoms. The first-order valence-corrected chi connectivity index (χ1v) is 9.57. The van der Waals surface area contributed by atoms with Crippen LogP contribution in [0.4, 0.5) is 16.4 Å². The molecule has 1 unspecified atom stereocenters. The van der Waals surface area contributed by atoms with Crippen molar-refractivity contribution in [3.05, 3.63) is 41.2 Å². The smallest absolute Gasteiger partial charge is 0.426 e. The first-order valence-electron chi connectivity index (χ1n) is 9.57. The number of carbonyl (C=O) groups excluding carboxylic acids is 2. The summed E-state index contributed by atoms with van der Waals surface area (Å²) in [7, 11) is 0. The molecule has 0 saturated carbocycles. The summed E-state index contributed by atoms with van der Waals surface area (Å²) in [6.07, 6.45) is 4.23. The summed E-state index contributed by atoms with van der Waals surface area (Å²) < 4.78 is 10.9. The maximum absolute atomic E-state index is 12.8. The lowest BCUT2D eigenvalue weighted by Crippen LogP contribution is -2.56. The Kier molecular flexibility index (Phi) is 5.27. The minimum atomic E-state index is -0.638. The van der Waals surface area contributed by atoms with Crippen molar-refractivity contribution in [1.29, 1.82) is 0 Å². The van der Waals surface area contributed by atoms with Crippen molar-refractivity contribution in [1.82, 2.24) is 14.5 Å². The average molecular weight is 399 g/mol. The highest BCUT2D eigenvalue weighted by atomic mass is 16.5. The number of hydrogen-bond acceptors (Lipinski definition) is 7. The number of urea groups is 1. The number of fused-ring (bicyclic) bond motifs is 1. The summed E-state index contributed by atoms with van der Waals surface area (Å²) in [5, 5.41) is 9.54. The number of nitrogens with zero attached hydrogens (tertiary/aromatic N) is 3. The van der Waals surface area contributed by atoms with E-state index in [1.54, 1.807) is 24.4 Å². The predicted molar refractivity (Wildman–Crippen MR) is 104 cm³/mol. The molecule has 0 radical (unpaired) electrons. The topological polar surface area (TPSA) is 125 Å². The van der Waals surface area contributed by atoms with E-state index in [0.717, 1.165) is 12.0 Å². The number of primary amides is 1. The van der Waals surface area contributed by atoms with Gasteiger partial charge in [0, 0.05) is 30.2 Å². The monoisotopic (exact) mass is 399 g/mol. The molecule has 2 aromatic heterocycles. The number of hydrogen-bond donors (Lipinski definition) is 2. The molecule has 152 valence electrons. The van der Waals surface area contributed by atoms with Crippen LogP contribution < -0.4 is 15.0 Å². The van der Waals surface area contributed by atoms with Gasteiger partial charge in [0.05, 0.1) is 25.9 Å². The first kappa shape index (κ1) is 19.4. The highest BCUT2D eigenvalue weighted by Gasteiger charge is 2.47. The van der Waals surface area contributed by atoms with Gasteiger partial charge in [0.2, 0.25) is 11.6 Å². The predicted octanol–water partition coefficient (Wildman–Crippen LogP) is 1.61. The summed E-state index contributed by atoms with van der Waals surface area (Å²) in [5.74, 6) is 1.33. The SMILES string of the molecule is NC(=O)[N@+]1(c2cc(OC3CCOC3)ccn2)CCCc2cc(CO)c(C=O)nc21. The number of aliphatic hydroxyl groups excluding tert-OH is 1. The fourth-order valence-corrected chi connectivity index (χ4v) is 3.99. The Labute approximate surface area is 167 Å². The van der Waals surface area contributed by atoms with Gasteiger partial charge in [0.1, 0.15) is 24.1 Å². The van der Waals surface area contributed by atoms with E-state index in [4.69, 9.17) is 15.2 Å². The van der Waals surface area contributed by atoms with Gasteiger partial charge in [-0.3, -0.25) is 4.79 Å². The lowest BCUT2D eigenvalue weighted by Gasteiger charge is -2.35. The van der Waals surface area contributed by atoms with Crippen molar-refractivity contribution in [2.75, 3.05) is 19.8 Å². The largest absolute Gasteiger partial charge is 0.488 e. The summed E-state index contributed by atoms with van der Waals surface area (Å²) in [5.41, 5.74) is 7.16. The second kappa shape index (κ2) is 7.86. The van der Waals surface area contributed by atoms with Crippen molar-refractivity contribution < 1.29 is 24.2 Å². The van der Waals surface area contributed by atoms with Crippen LogP contribution >= 0.6 is 0 Å². The van der Waals surface area contributed by atoms with E-state index >= 15 is 0 Å². The van der Waals surface area contributed by atoms with Gasteiger partial charge in [-0.2, -0.15) is 4.98 Å². The first-order chi connectivity index (χ1) is 14.1. The zero-order valence-corrected chi connectivity index (χ0v) is 15.9. The Hall–Kier alpha value is -2.88. The lowest BCUT2D eigenvalue weighted by atomic mass is 10.00. The Bertz CT molecular complexity index is 944. The van der Waals surface area contributed by atoms with Gasteiger partial charge in [0.15, 0.2) is 6.29 Å². The Balaban J connectivity index is 1.82. The normalized spacial score (nSPS) is 23.4. The number of amides is 2. The van der Waals surface area contributed by atoms with Crippen LogP contribution in [0.2, 0.25) is 0 Å². The molecule has 2 aromatic rings. The molecule has 0 aliphatic carbocycles. The van der Waals surface area contributed by atoms with E-state index in [2.05, 4.69) is 9.97 Å². The van der Waals surface area contributed by atoms with Crippen LogP contribution in [0.3, 0.4) is 0 Å². The molecule has 2 amide bonds. The Morgan fingerprint density at radius 2 is 2.31 bits per heavy atom. The van der Waals surface area contributed by atoms with Crippen LogP contribution in [-0.4, -0.2) is 53.3 Å². The number of pyridine rings is 2. The number of quaternary nitrogens is 1. The number of aliphatic hydroxyl groups is 1. The molecule has 2 atom stereocenters. The maximum atomic E-state index is 12.8. The highest BCUT2D eigenvalue weighted by Crippen LogP contribution is 2.40. The number of aromatic nitrogens is 2. The number of rotatable bonds is 5. The molecule has 3 N–H and O–H groups in total. The summed E-state index contributed by atoms with van der Waals surface area (Å²) >= 11 is 0. The van der Waals surface area contributed by atoms with Gasteiger partial charge in [-0.05, 0) is 18.6 Å². The highest BCUT2D eigenvalue weighted by molar-refractivity contribution is 5.93. The van der Waals surface area contributed by atoms with E-state index in [9.17, 15) is 14.7 Å². The van der Waals surface area contributed by atoms with E-state index < -0.39 is 10.5 Å². The molecule has 0 aromatic carbocycles. The zero-order valence-electron chi connectivity index (χ0n) is 15.9. The van der Waals surface area contributed by atoms with E-state index in [-0.39, 0.29) is 18.4 Å². The number of aryl methyl sites for hydroxylation is 1. The summed E-state index contributed by atoms with van der Waals surface area (Å²) in [4.78, 5) is 33.1. The van der Waals surface area contributed by atoms with Crippen LogP contribution in [0.5, 0.6) is 5.75 Å². The third-order valence-corrected chi connectivity index (χ3v) is 5.45.